The zero-order chi connectivity index (χ0) is 24.4. The summed E-state index contributed by atoms with van der Waals surface area (Å²) in [6.45, 7) is 1.49. The SMILES string of the molecule is O=C(CCc1ccc(S(=O)(=O)c2ccc(C(=O)N3CCCC3)cc2)cc1)c1cnc2[nH]ncc2c1. The second kappa shape index (κ2) is 9.42. The van der Waals surface area contributed by atoms with Crippen LogP contribution >= 0.6 is 0 Å². The molecule has 2 aromatic heterocycles. The summed E-state index contributed by atoms with van der Waals surface area (Å²) < 4.78 is 26.1. The average Bonchev–Trinajstić information content (AvgIpc) is 3.59. The number of pyridine rings is 1. The molecular formula is C26H24N4O4S. The number of fused-ring (bicyclic) bond motifs is 1. The number of H-pyrrole nitrogens is 1. The maximum Gasteiger partial charge on any atom is 0.253 e. The van der Waals surface area contributed by atoms with E-state index in [0.29, 0.717) is 23.2 Å². The van der Waals surface area contributed by atoms with Gasteiger partial charge in [-0.05, 0) is 67.3 Å². The zero-order valence-electron chi connectivity index (χ0n) is 19.0. The third kappa shape index (κ3) is 4.72. The molecule has 1 N–H and O–H groups in total. The summed E-state index contributed by atoms with van der Waals surface area (Å²) in [5.74, 6) is -0.105. The Labute approximate surface area is 202 Å². The van der Waals surface area contributed by atoms with Gasteiger partial charge in [-0.15, -0.1) is 0 Å². The van der Waals surface area contributed by atoms with E-state index in [4.69, 9.17) is 0 Å². The number of aryl methyl sites for hydroxylation is 1. The van der Waals surface area contributed by atoms with Crippen LogP contribution in [0.2, 0.25) is 0 Å². The fraction of sp³-hybridized carbons (Fsp3) is 0.231. The Bertz CT molecular complexity index is 1490. The number of Topliss-reactive ketones (excluding diaryl/α,β-unsaturated/α-hetero) is 1. The Morgan fingerprint density at radius 1 is 0.886 bits per heavy atom. The number of aromatic amines is 1. The maximum atomic E-state index is 13.1. The van der Waals surface area contributed by atoms with Gasteiger partial charge < -0.3 is 4.90 Å². The molecule has 0 saturated carbocycles. The summed E-state index contributed by atoms with van der Waals surface area (Å²) in [4.78, 5) is 31.4. The molecule has 0 radical (unpaired) electrons. The number of carbonyl (C=O) groups excluding carboxylic acids is 2. The van der Waals surface area contributed by atoms with Crippen LogP contribution in [0.1, 0.15) is 45.5 Å². The first kappa shape index (κ1) is 22.9. The summed E-state index contributed by atoms with van der Waals surface area (Å²) in [6, 6.07) is 14.4. The van der Waals surface area contributed by atoms with E-state index in [9.17, 15) is 18.0 Å². The number of hydrogen-bond donors (Lipinski definition) is 1. The number of likely N-dealkylation sites (tertiary alicyclic amines) is 1. The Balaban J connectivity index is 1.24. The van der Waals surface area contributed by atoms with Crippen LogP contribution in [-0.2, 0) is 16.3 Å². The molecule has 35 heavy (non-hydrogen) atoms. The van der Waals surface area contributed by atoms with E-state index >= 15 is 0 Å². The van der Waals surface area contributed by atoms with Crippen molar-refractivity contribution in [2.75, 3.05) is 13.1 Å². The van der Waals surface area contributed by atoms with E-state index in [1.165, 1.54) is 18.3 Å². The van der Waals surface area contributed by atoms with Gasteiger partial charge in [-0.1, -0.05) is 12.1 Å². The van der Waals surface area contributed by atoms with Crippen LogP contribution in [0, 0.1) is 0 Å². The first-order valence-corrected chi connectivity index (χ1v) is 13.0. The second-order valence-electron chi connectivity index (χ2n) is 8.63. The zero-order valence-corrected chi connectivity index (χ0v) is 19.8. The molecule has 1 fully saturated rings. The molecule has 0 spiro atoms. The largest absolute Gasteiger partial charge is 0.339 e. The van der Waals surface area contributed by atoms with Crippen molar-refractivity contribution < 1.29 is 18.0 Å². The molecule has 9 heteroatoms. The molecule has 0 aliphatic carbocycles. The third-order valence-corrected chi connectivity index (χ3v) is 8.08. The molecule has 1 aliphatic heterocycles. The number of ketones is 1. The first-order chi connectivity index (χ1) is 16.9. The molecule has 0 atom stereocenters. The van der Waals surface area contributed by atoms with Gasteiger partial charge in [0.25, 0.3) is 5.91 Å². The quantitative estimate of drug-likeness (QED) is 0.396. The highest BCUT2D eigenvalue weighted by Crippen LogP contribution is 2.23. The molecule has 2 aromatic carbocycles. The highest BCUT2D eigenvalue weighted by atomic mass is 32.2. The summed E-state index contributed by atoms with van der Waals surface area (Å²) in [5.41, 5.74) is 2.50. The molecular weight excluding hydrogens is 464 g/mol. The van der Waals surface area contributed by atoms with E-state index in [1.54, 1.807) is 53.6 Å². The highest BCUT2D eigenvalue weighted by Gasteiger charge is 2.22. The minimum absolute atomic E-state index is 0.0409. The van der Waals surface area contributed by atoms with Crippen LogP contribution in [-0.4, -0.2) is 53.3 Å². The fourth-order valence-electron chi connectivity index (χ4n) is 4.24. The Morgan fingerprint density at radius 2 is 1.54 bits per heavy atom. The van der Waals surface area contributed by atoms with E-state index < -0.39 is 9.84 Å². The number of amides is 1. The molecule has 0 unspecified atom stereocenters. The van der Waals surface area contributed by atoms with E-state index in [-0.39, 0.29) is 27.9 Å². The van der Waals surface area contributed by atoms with Crippen LogP contribution in [0.4, 0.5) is 0 Å². The molecule has 1 saturated heterocycles. The molecule has 1 aliphatic rings. The van der Waals surface area contributed by atoms with Gasteiger partial charge in [-0.3, -0.25) is 14.7 Å². The number of nitrogens with one attached hydrogen (secondary N) is 1. The van der Waals surface area contributed by atoms with Crippen LogP contribution in [0.15, 0.2) is 76.8 Å². The Morgan fingerprint density at radius 3 is 2.23 bits per heavy atom. The fourth-order valence-corrected chi connectivity index (χ4v) is 5.50. The van der Waals surface area contributed by atoms with Crippen molar-refractivity contribution in [3.8, 4) is 0 Å². The van der Waals surface area contributed by atoms with Crippen molar-refractivity contribution in [3.05, 3.63) is 83.7 Å². The van der Waals surface area contributed by atoms with Gasteiger partial charge in [-0.2, -0.15) is 5.10 Å². The topological polar surface area (TPSA) is 113 Å². The number of benzene rings is 2. The van der Waals surface area contributed by atoms with Gasteiger partial charge >= 0.3 is 0 Å². The lowest BCUT2D eigenvalue weighted by molar-refractivity contribution is 0.0792. The van der Waals surface area contributed by atoms with Crippen molar-refractivity contribution >= 4 is 32.6 Å². The number of sulfone groups is 1. The molecule has 5 rings (SSSR count). The molecule has 4 aromatic rings. The predicted octanol–water partition coefficient (Wildman–Crippen LogP) is 3.84. The van der Waals surface area contributed by atoms with E-state index in [0.717, 1.165) is 36.9 Å². The maximum absolute atomic E-state index is 13.1. The number of aromatic nitrogens is 3. The van der Waals surface area contributed by atoms with E-state index in [2.05, 4.69) is 15.2 Å². The van der Waals surface area contributed by atoms with Crippen LogP contribution in [0.5, 0.6) is 0 Å². The molecule has 178 valence electrons. The Kier molecular flexibility index (Phi) is 6.17. The predicted molar refractivity (Wildman–Crippen MR) is 130 cm³/mol. The van der Waals surface area contributed by atoms with Gasteiger partial charge in [0, 0.05) is 42.2 Å². The van der Waals surface area contributed by atoms with Crippen molar-refractivity contribution in [3.63, 3.8) is 0 Å². The minimum Gasteiger partial charge on any atom is -0.339 e. The van der Waals surface area contributed by atoms with Gasteiger partial charge in [0.2, 0.25) is 9.84 Å². The lowest BCUT2D eigenvalue weighted by Crippen LogP contribution is -2.27. The van der Waals surface area contributed by atoms with Crippen LogP contribution < -0.4 is 0 Å². The van der Waals surface area contributed by atoms with Crippen molar-refractivity contribution in [2.24, 2.45) is 0 Å². The molecule has 3 heterocycles. The van der Waals surface area contributed by atoms with Gasteiger partial charge in [0.05, 0.1) is 16.0 Å². The summed E-state index contributed by atoms with van der Waals surface area (Å²) >= 11 is 0. The number of nitrogens with zero attached hydrogens (tertiary/aromatic N) is 3. The number of carbonyl (C=O) groups is 2. The van der Waals surface area contributed by atoms with Crippen molar-refractivity contribution in [1.82, 2.24) is 20.1 Å². The molecule has 0 bridgehead atoms. The smallest absolute Gasteiger partial charge is 0.253 e. The number of rotatable bonds is 7. The Hall–Kier alpha value is -3.85. The van der Waals surface area contributed by atoms with Gasteiger partial charge in [0.1, 0.15) is 0 Å². The lowest BCUT2D eigenvalue weighted by atomic mass is 10.0. The van der Waals surface area contributed by atoms with Crippen LogP contribution in [0.3, 0.4) is 0 Å². The number of hydrogen-bond acceptors (Lipinski definition) is 6. The van der Waals surface area contributed by atoms with E-state index in [1.807, 2.05) is 0 Å². The van der Waals surface area contributed by atoms with Gasteiger partial charge in [-0.25, -0.2) is 13.4 Å². The average molecular weight is 489 g/mol. The summed E-state index contributed by atoms with van der Waals surface area (Å²) in [7, 11) is -3.72. The first-order valence-electron chi connectivity index (χ1n) is 11.5. The monoisotopic (exact) mass is 488 g/mol. The standard InChI is InChI=1S/C26H24N4O4S/c31-24(20-15-21-17-28-29-25(21)27-16-20)12-5-18-3-8-22(9-4-18)35(33,34)23-10-6-19(7-11-23)26(32)30-13-1-2-14-30/h3-4,6-11,15-17H,1-2,5,12-14H2,(H,27,28,29). The lowest BCUT2D eigenvalue weighted by Gasteiger charge is -2.15. The normalized spacial score (nSPS) is 13.9. The van der Waals surface area contributed by atoms with Crippen molar-refractivity contribution in [1.29, 1.82) is 0 Å². The second-order valence-corrected chi connectivity index (χ2v) is 10.6. The summed E-state index contributed by atoms with van der Waals surface area (Å²) in [6.07, 6.45) is 5.92. The van der Waals surface area contributed by atoms with Crippen molar-refractivity contribution in [2.45, 2.75) is 35.5 Å². The molecule has 8 nitrogen and oxygen atoms in total. The van der Waals surface area contributed by atoms with Crippen LogP contribution in [0.25, 0.3) is 11.0 Å². The minimum atomic E-state index is -3.72. The third-order valence-electron chi connectivity index (χ3n) is 6.29. The molecule has 1 amide bonds. The highest BCUT2D eigenvalue weighted by molar-refractivity contribution is 7.91. The van der Waals surface area contributed by atoms with Gasteiger partial charge in [0.15, 0.2) is 11.4 Å². The summed E-state index contributed by atoms with van der Waals surface area (Å²) in [5, 5.41) is 7.44.